The van der Waals surface area contributed by atoms with Crippen LogP contribution in [0.4, 0.5) is 4.39 Å². The molecular formula is C11H16FNO3S. The quantitative estimate of drug-likeness (QED) is 0.840. The van der Waals surface area contributed by atoms with Crippen LogP contribution in [-0.4, -0.2) is 27.8 Å². The number of halogens is 1. The molecule has 1 aromatic carbocycles. The van der Waals surface area contributed by atoms with Crippen LogP contribution < -0.4 is 9.46 Å². The Balaban J connectivity index is 2.56. The molecule has 0 bridgehead atoms. The molecule has 0 unspecified atom stereocenters. The van der Waals surface area contributed by atoms with Crippen LogP contribution in [0.25, 0.3) is 0 Å². The normalized spacial score (nSPS) is 11.5. The summed E-state index contributed by atoms with van der Waals surface area (Å²) in [5.41, 5.74) is 0.724. The number of benzene rings is 1. The van der Waals surface area contributed by atoms with Crippen molar-refractivity contribution in [1.82, 2.24) is 4.72 Å². The van der Waals surface area contributed by atoms with Gasteiger partial charge in [-0.3, -0.25) is 0 Å². The fourth-order valence-corrected chi connectivity index (χ4v) is 1.94. The lowest BCUT2D eigenvalue weighted by Gasteiger charge is -2.06. The van der Waals surface area contributed by atoms with E-state index in [2.05, 4.69) is 4.72 Å². The summed E-state index contributed by atoms with van der Waals surface area (Å²) < 4.78 is 42.8. The van der Waals surface area contributed by atoms with E-state index in [0.29, 0.717) is 6.42 Å². The first-order valence-corrected chi connectivity index (χ1v) is 6.93. The smallest absolute Gasteiger partial charge is 0.211 e. The first-order chi connectivity index (χ1) is 7.98. The summed E-state index contributed by atoms with van der Waals surface area (Å²) in [7, 11) is -1.78. The van der Waals surface area contributed by atoms with E-state index in [9.17, 15) is 12.8 Å². The molecule has 0 fully saturated rings. The Kier molecular flexibility index (Phi) is 4.89. The van der Waals surface area contributed by atoms with E-state index < -0.39 is 15.8 Å². The molecule has 0 aliphatic heterocycles. The van der Waals surface area contributed by atoms with Crippen molar-refractivity contribution in [3.8, 4) is 5.75 Å². The Morgan fingerprint density at radius 3 is 2.65 bits per heavy atom. The van der Waals surface area contributed by atoms with E-state index in [-0.39, 0.29) is 18.0 Å². The van der Waals surface area contributed by atoms with Crippen LogP contribution >= 0.6 is 0 Å². The summed E-state index contributed by atoms with van der Waals surface area (Å²) in [6.07, 6.45) is 0.445. The summed E-state index contributed by atoms with van der Waals surface area (Å²) >= 11 is 0. The van der Waals surface area contributed by atoms with Gasteiger partial charge in [-0.15, -0.1) is 0 Å². The molecule has 0 saturated heterocycles. The largest absolute Gasteiger partial charge is 0.494 e. The van der Waals surface area contributed by atoms with E-state index in [0.717, 1.165) is 5.56 Å². The van der Waals surface area contributed by atoms with Gasteiger partial charge in [-0.05, 0) is 31.0 Å². The van der Waals surface area contributed by atoms with Crippen LogP contribution in [0.1, 0.15) is 12.5 Å². The van der Waals surface area contributed by atoms with E-state index in [1.165, 1.54) is 19.2 Å². The topological polar surface area (TPSA) is 55.4 Å². The number of methoxy groups -OCH3 is 1. The van der Waals surface area contributed by atoms with Gasteiger partial charge < -0.3 is 4.74 Å². The minimum absolute atomic E-state index is 0.0456. The highest BCUT2D eigenvalue weighted by Crippen LogP contribution is 2.17. The number of ether oxygens (including phenoxy) is 1. The van der Waals surface area contributed by atoms with E-state index in [1.54, 1.807) is 13.0 Å². The fraction of sp³-hybridized carbons (Fsp3) is 0.455. The highest BCUT2D eigenvalue weighted by atomic mass is 32.2. The first-order valence-electron chi connectivity index (χ1n) is 5.28. The molecular weight excluding hydrogens is 245 g/mol. The molecule has 4 nitrogen and oxygen atoms in total. The van der Waals surface area contributed by atoms with Gasteiger partial charge in [0.1, 0.15) is 0 Å². The molecule has 0 atom stereocenters. The summed E-state index contributed by atoms with van der Waals surface area (Å²) in [4.78, 5) is 0. The lowest BCUT2D eigenvalue weighted by molar-refractivity contribution is 0.386. The predicted molar refractivity (Wildman–Crippen MR) is 64.1 cm³/mol. The predicted octanol–water partition coefficient (Wildman–Crippen LogP) is 1.32. The molecule has 1 N–H and O–H groups in total. The number of hydrogen-bond donors (Lipinski definition) is 1. The maximum absolute atomic E-state index is 13.3. The summed E-state index contributed by atoms with van der Waals surface area (Å²) in [5.74, 6) is -0.213. The van der Waals surface area contributed by atoms with Crippen molar-refractivity contribution >= 4 is 10.0 Å². The Morgan fingerprint density at radius 2 is 2.12 bits per heavy atom. The Morgan fingerprint density at radius 1 is 1.41 bits per heavy atom. The minimum Gasteiger partial charge on any atom is -0.494 e. The Hall–Kier alpha value is -1.14. The third-order valence-corrected chi connectivity index (χ3v) is 3.74. The van der Waals surface area contributed by atoms with Crippen molar-refractivity contribution in [2.24, 2.45) is 0 Å². The molecule has 0 aromatic heterocycles. The van der Waals surface area contributed by atoms with Crippen LogP contribution in [0.5, 0.6) is 5.75 Å². The van der Waals surface area contributed by atoms with Gasteiger partial charge in [0.15, 0.2) is 11.6 Å². The van der Waals surface area contributed by atoms with Gasteiger partial charge >= 0.3 is 0 Å². The molecule has 17 heavy (non-hydrogen) atoms. The molecule has 6 heteroatoms. The van der Waals surface area contributed by atoms with Crippen molar-refractivity contribution in [1.29, 1.82) is 0 Å². The zero-order valence-electron chi connectivity index (χ0n) is 9.86. The molecule has 0 heterocycles. The second kappa shape index (κ2) is 5.97. The molecule has 0 radical (unpaired) electrons. The molecule has 0 aliphatic carbocycles. The molecule has 0 spiro atoms. The third-order valence-electron chi connectivity index (χ3n) is 2.33. The van der Waals surface area contributed by atoms with Crippen molar-refractivity contribution in [3.63, 3.8) is 0 Å². The zero-order chi connectivity index (χ0) is 12.9. The zero-order valence-corrected chi connectivity index (χ0v) is 10.7. The van der Waals surface area contributed by atoms with Crippen molar-refractivity contribution in [2.45, 2.75) is 13.3 Å². The third kappa shape index (κ3) is 4.32. The number of rotatable bonds is 6. The van der Waals surface area contributed by atoms with E-state index in [1.807, 2.05) is 0 Å². The monoisotopic (exact) mass is 261 g/mol. The highest BCUT2D eigenvalue weighted by molar-refractivity contribution is 7.89. The second-order valence-electron chi connectivity index (χ2n) is 3.52. The van der Waals surface area contributed by atoms with E-state index >= 15 is 0 Å². The average molecular weight is 261 g/mol. The van der Waals surface area contributed by atoms with Crippen molar-refractivity contribution in [2.75, 3.05) is 19.4 Å². The number of nitrogens with one attached hydrogen (secondary N) is 1. The first kappa shape index (κ1) is 13.9. The molecule has 1 rings (SSSR count). The second-order valence-corrected chi connectivity index (χ2v) is 5.61. The molecule has 0 saturated carbocycles. The van der Waals surface area contributed by atoms with Gasteiger partial charge in [-0.2, -0.15) is 0 Å². The summed E-state index contributed by atoms with van der Waals surface area (Å²) in [6, 6.07) is 4.58. The summed E-state index contributed by atoms with van der Waals surface area (Å²) in [6.45, 7) is 1.83. The van der Waals surface area contributed by atoms with Gasteiger partial charge in [0.05, 0.1) is 12.9 Å². The standard InChI is InChI=1S/C11H16FNO3S/c1-3-17(14,15)13-7-6-9-4-5-11(16-2)10(12)8-9/h4-5,8,13H,3,6-7H2,1-2H3. The van der Waals surface area contributed by atoms with Gasteiger partial charge in [0.25, 0.3) is 0 Å². The lowest BCUT2D eigenvalue weighted by Crippen LogP contribution is -2.27. The van der Waals surface area contributed by atoms with Crippen LogP contribution in [0.3, 0.4) is 0 Å². The Bertz CT molecular complexity index is 474. The fourth-order valence-electron chi connectivity index (χ4n) is 1.32. The van der Waals surface area contributed by atoms with Crippen molar-refractivity contribution < 1.29 is 17.5 Å². The minimum atomic E-state index is -3.18. The number of hydrogen-bond acceptors (Lipinski definition) is 3. The molecule has 1 aromatic rings. The maximum Gasteiger partial charge on any atom is 0.211 e. The molecule has 0 aliphatic rings. The highest BCUT2D eigenvalue weighted by Gasteiger charge is 2.07. The van der Waals surface area contributed by atoms with Gasteiger partial charge in [0, 0.05) is 6.54 Å². The average Bonchev–Trinajstić information content (AvgIpc) is 2.29. The summed E-state index contributed by atoms with van der Waals surface area (Å²) in [5, 5.41) is 0. The van der Waals surface area contributed by atoms with Gasteiger partial charge in [-0.25, -0.2) is 17.5 Å². The van der Waals surface area contributed by atoms with Crippen LogP contribution in [0.2, 0.25) is 0 Å². The maximum atomic E-state index is 13.3. The van der Waals surface area contributed by atoms with Crippen LogP contribution in [0.15, 0.2) is 18.2 Å². The van der Waals surface area contributed by atoms with Crippen molar-refractivity contribution in [3.05, 3.63) is 29.6 Å². The van der Waals surface area contributed by atoms with Crippen LogP contribution in [-0.2, 0) is 16.4 Å². The lowest BCUT2D eigenvalue weighted by atomic mass is 10.1. The van der Waals surface area contributed by atoms with Crippen LogP contribution in [0, 0.1) is 5.82 Å². The van der Waals surface area contributed by atoms with Gasteiger partial charge in [-0.1, -0.05) is 6.07 Å². The Labute approximate surface area is 101 Å². The number of sulfonamides is 1. The van der Waals surface area contributed by atoms with Gasteiger partial charge in [0.2, 0.25) is 10.0 Å². The molecule has 96 valence electrons. The SMILES string of the molecule is CCS(=O)(=O)NCCc1ccc(OC)c(F)c1. The van der Waals surface area contributed by atoms with E-state index in [4.69, 9.17) is 4.74 Å². The molecule has 0 amide bonds.